The van der Waals surface area contributed by atoms with Crippen molar-refractivity contribution in [3.05, 3.63) is 11.3 Å². The normalized spacial score (nSPS) is 35.6. The quantitative estimate of drug-likeness (QED) is 0.769. The molecule has 140 valence electrons. The van der Waals surface area contributed by atoms with Crippen molar-refractivity contribution in [2.45, 2.75) is 75.8 Å². The van der Waals surface area contributed by atoms with Gasteiger partial charge < -0.3 is 14.7 Å². The summed E-state index contributed by atoms with van der Waals surface area (Å²) < 4.78 is 5.52. The number of carbonyl (C=O) groups is 2. The Morgan fingerprint density at radius 3 is 2.48 bits per heavy atom. The second-order valence-corrected chi connectivity index (χ2v) is 8.30. The molecule has 1 aliphatic heterocycles. The van der Waals surface area contributed by atoms with Crippen molar-refractivity contribution in [2.75, 3.05) is 7.11 Å². The van der Waals surface area contributed by atoms with Crippen molar-refractivity contribution in [3.8, 4) is 0 Å². The third-order valence-electron chi connectivity index (χ3n) is 6.29. The number of hydrogen-bond donors (Lipinski definition) is 1. The van der Waals surface area contributed by atoms with E-state index in [1.807, 2.05) is 11.8 Å². The molecule has 3 rings (SSSR count). The molecule has 1 N–H and O–H groups in total. The second-order valence-electron chi connectivity index (χ2n) is 7.68. The number of fused-ring (bicyclic) bond motifs is 1. The molecular formula is C19H28ClNO4. The maximum atomic E-state index is 13.2. The molecule has 6 heteroatoms. The summed E-state index contributed by atoms with van der Waals surface area (Å²) >= 11 is 6.18. The van der Waals surface area contributed by atoms with Gasteiger partial charge in [-0.3, -0.25) is 9.59 Å². The van der Waals surface area contributed by atoms with Gasteiger partial charge in [0, 0.05) is 36.1 Å². The standard InChI is InChI=1S/C19H28ClNO4/c1-11-15(10-18(22)23)16-9-14(25-2)7-8-17(16)21(11)19(24)12-3-5-13(20)6-4-12/h12-14,16-17H,3-10H2,1-2H3,(H,22,23). The van der Waals surface area contributed by atoms with E-state index in [0.29, 0.717) is 0 Å². The summed E-state index contributed by atoms with van der Waals surface area (Å²) in [6, 6.07) is 0.0991. The lowest BCUT2D eigenvalue weighted by Gasteiger charge is -2.38. The van der Waals surface area contributed by atoms with Gasteiger partial charge in [0.05, 0.1) is 12.5 Å². The van der Waals surface area contributed by atoms with Crippen LogP contribution in [0, 0.1) is 11.8 Å². The molecule has 1 heterocycles. The van der Waals surface area contributed by atoms with E-state index in [0.717, 1.165) is 56.2 Å². The zero-order valence-electron chi connectivity index (χ0n) is 15.0. The average Bonchev–Trinajstić information content (AvgIpc) is 2.86. The minimum atomic E-state index is -0.829. The van der Waals surface area contributed by atoms with Gasteiger partial charge in [-0.05, 0) is 57.4 Å². The Balaban J connectivity index is 1.83. The van der Waals surface area contributed by atoms with Gasteiger partial charge in [-0.15, -0.1) is 11.6 Å². The predicted molar refractivity (Wildman–Crippen MR) is 95.3 cm³/mol. The van der Waals surface area contributed by atoms with E-state index in [4.69, 9.17) is 16.3 Å². The van der Waals surface area contributed by atoms with Crippen LogP contribution in [0.5, 0.6) is 0 Å². The molecule has 0 radical (unpaired) electrons. The number of ether oxygens (including phenoxy) is 1. The van der Waals surface area contributed by atoms with E-state index in [1.54, 1.807) is 7.11 Å². The third kappa shape index (κ3) is 3.72. The van der Waals surface area contributed by atoms with Crippen molar-refractivity contribution in [3.63, 3.8) is 0 Å². The zero-order valence-corrected chi connectivity index (χ0v) is 15.8. The lowest BCUT2D eigenvalue weighted by atomic mass is 9.79. The lowest BCUT2D eigenvalue weighted by molar-refractivity contribution is -0.137. The number of hydrogen-bond acceptors (Lipinski definition) is 3. The van der Waals surface area contributed by atoms with Crippen LogP contribution < -0.4 is 0 Å². The van der Waals surface area contributed by atoms with Crippen molar-refractivity contribution in [1.82, 2.24) is 4.90 Å². The van der Waals surface area contributed by atoms with Crippen molar-refractivity contribution < 1.29 is 19.4 Å². The fourth-order valence-electron chi connectivity index (χ4n) is 4.93. The van der Waals surface area contributed by atoms with Crippen LogP contribution in [0.2, 0.25) is 0 Å². The first-order chi connectivity index (χ1) is 11.9. The summed E-state index contributed by atoms with van der Waals surface area (Å²) in [5, 5.41) is 9.51. The molecule has 3 atom stereocenters. The van der Waals surface area contributed by atoms with E-state index >= 15 is 0 Å². The Morgan fingerprint density at radius 1 is 1.20 bits per heavy atom. The number of amides is 1. The number of carbonyl (C=O) groups excluding carboxylic acids is 1. The summed E-state index contributed by atoms with van der Waals surface area (Å²) in [7, 11) is 1.71. The maximum absolute atomic E-state index is 13.2. The Bertz CT molecular complexity index is 568. The first kappa shape index (κ1) is 18.7. The van der Waals surface area contributed by atoms with Gasteiger partial charge in [-0.25, -0.2) is 0 Å². The molecule has 2 fully saturated rings. The number of carboxylic acid groups (broad SMARTS) is 1. The van der Waals surface area contributed by atoms with E-state index in [2.05, 4.69) is 0 Å². The number of rotatable bonds is 4. The molecule has 25 heavy (non-hydrogen) atoms. The molecule has 3 aliphatic rings. The number of methoxy groups -OCH3 is 1. The van der Waals surface area contributed by atoms with Crippen molar-refractivity contribution in [1.29, 1.82) is 0 Å². The van der Waals surface area contributed by atoms with Gasteiger partial charge in [-0.1, -0.05) is 0 Å². The van der Waals surface area contributed by atoms with E-state index in [9.17, 15) is 14.7 Å². The Kier molecular flexibility index (Phi) is 5.74. The maximum Gasteiger partial charge on any atom is 0.307 e. The van der Waals surface area contributed by atoms with Crippen LogP contribution in [0.4, 0.5) is 0 Å². The van der Waals surface area contributed by atoms with Gasteiger partial charge in [0.2, 0.25) is 5.91 Å². The van der Waals surface area contributed by atoms with Crippen LogP contribution >= 0.6 is 11.6 Å². The van der Waals surface area contributed by atoms with Crippen molar-refractivity contribution >= 4 is 23.5 Å². The number of nitrogens with zero attached hydrogens (tertiary/aromatic N) is 1. The first-order valence-electron chi connectivity index (χ1n) is 9.33. The fraction of sp³-hybridized carbons (Fsp3) is 0.789. The molecule has 0 spiro atoms. The number of aliphatic carboxylic acids is 1. The van der Waals surface area contributed by atoms with Crippen LogP contribution in [0.15, 0.2) is 11.3 Å². The second kappa shape index (κ2) is 7.67. The lowest BCUT2D eigenvalue weighted by Crippen LogP contribution is -2.45. The predicted octanol–water partition coefficient (Wildman–Crippen LogP) is 3.56. The highest BCUT2D eigenvalue weighted by Gasteiger charge is 2.46. The smallest absolute Gasteiger partial charge is 0.307 e. The summed E-state index contributed by atoms with van der Waals surface area (Å²) in [6.45, 7) is 1.92. The number of alkyl halides is 1. The van der Waals surface area contributed by atoms with Crippen molar-refractivity contribution in [2.24, 2.45) is 11.8 Å². The largest absolute Gasteiger partial charge is 0.481 e. The molecular weight excluding hydrogens is 342 g/mol. The minimum absolute atomic E-state index is 0.0155. The van der Waals surface area contributed by atoms with E-state index in [1.165, 1.54) is 0 Å². The van der Waals surface area contributed by atoms with Crippen LogP contribution in [0.3, 0.4) is 0 Å². The number of allylic oxidation sites excluding steroid dienone is 1. The molecule has 0 saturated heterocycles. The zero-order chi connectivity index (χ0) is 18.1. The first-order valence-corrected chi connectivity index (χ1v) is 9.77. The van der Waals surface area contributed by atoms with Gasteiger partial charge in [0.25, 0.3) is 0 Å². The number of carboxylic acids is 1. The van der Waals surface area contributed by atoms with Crippen LogP contribution in [-0.2, 0) is 14.3 Å². The molecule has 0 aromatic carbocycles. The molecule has 0 aromatic rings. The Morgan fingerprint density at radius 2 is 1.88 bits per heavy atom. The van der Waals surface area contributed by atoms with Gasteiger partial charge in [0.15, 0.2) is 0 Å². The summed E-state index contributed by atoms with van der Waals surface area (Å²) in [4.78, 5) is 26.5. The van der Waals surface area contributed by atoms with Gasteiger partial charge >= 0.3 is 5.97 Å². The third-order valence-corrected chi connectivity index (χ3v) is 6.73. The molecule has 1 amide bonds. The average molecular weight is 370 g/mol. The summed E-state index contributed by atoms with van der Waals surface area (Å²) in [6.07, 6.45) is 6.21. The summed E-state index contributed by atoms with van der Waals surface area (Å²) in [5.74, 6) is -0.519. The molecule has 3 unspecified atom stereocenters. The minimum Gasteiger partial charge on any atom is -0.481 e. The molecule has 2 aliphatic carbocycles. The van der Waals surface area contributed by atoms with E-state index < -0.39 is 5.97 Å². The van der Waals surface area contributed by atoms with E-state index in [-0.39, 0.29) is 41.7 Å². The molecule has 0 bridgehead atoms. The van der Waals surface area contributed by atoms with Crippen LogP contribution in [-0.4, -0.2) is 46.5 Å². The highest BCUT2D eigenvalue weighted by atomic mass is 35.5. The molecule has 2 saturated carbocycles. The Labute approximate surface area is 154 Å². The summed E-state index contributed by atoms with van der Waals surface area (Å²) in [5.41, 5.74) is 1.78. The van der Waals surface area contributed by atoms with Gasteiger partial charge in [-0.2, -0.15) is 0 Å². The number of halogens is 1. The molecule has 5 nitrogen and oxygen atoms in total. The SMILES string of the molecule is COC1CCC2C(C1)C(CC(=O)O)=C(C)N2C(=O)C1CCC(Cl)CC1. The molecule has 0 aromatic heterocycles. The monoisotopic (exact) mass is 369 g/mol. The van der Waals surface area contributed by atoms with Crippen LogP contribution in [0.1, 0.15) is 58.3 Å². The highest BCUT2D eigenvalue weighted by molar-refractivity contribution is 6.20. The highest BCUT2D eigenvalue weighted by Crippen LogP contribution is 2.45. The van der Waals surface area contributed by atoms with Crippen LogP contribution in [0.25, 0.3) is 0 Å². The topological polar surface area (TPSA) is 66.8 Å². The fourth-order valence-corrected chi connectivity index (χ4v) is 5.18. The Hall–Kier alpha value is -1.07. The van der Waals surface area contributed by atoms with Gasteiger partial charge in [0.1, 0.15) is 0 Å².